The summed E-state index contributed by atoms with van der Waals surface area (Å²) in [5.41, 5.74) is 6.52. The predicted octanol–water partition coefficient (Wildman–Crippen LogP) is 5.87. The van der Waals surface area contributed by atoms with Gasteiger partial charge in [0.15, 0.2) is 0 Å². The average Bonchev–Trinajstić information content (AvgIpc) is 3.20. The highest BCUT2D eigenvalue weighted by atomic mass is 16.5. The fourth-order valence-corrected chi connectivity index (χ4v) is 4.25. The number of hydrogen-bond acceptors (Lipinski definition) is 3. The number of hydrogen-bond donors (Lipinski definition) is 1. The summed E-state index contributed by atoms with van der Waals surface area (Å²) >= 11 is 0. The minimum absolute atomic E-state index is 0.0932. The summed E-state index contributed by atoms with van der Waals surface area (Å²) in [5, 5.41) is 4.05. The van der Waals surface area contributed by atoms with Crippen LogP contribution in [0.15, 0.2) is 79.0 Å². The molecule has 3 aromatic carbocycles. The minimum atomic E-state index is -0.167. The molecule has 1 aromatic heterocycles. The van der Waals surface area contributed by atoms with Gasteiger partial charge in [0.25, 0.3) is 0 Å². The molecule has 34 heavy (non-hydrogen) atoms. The maximum atomic E-state index is 11.8. The van der Waals surface area contributed by atoms with E-state index in [2.05, 4.69) is 58.5 Å². The van der Waals surface area contributed by atoms with Gasteiger partial charge in [0, 0.05) is 36.3 Å². The van der Waals surface area contributed by atoms with Gasteiger partial charge in [-0.05, 0) is 73.2 Å². The maximum Gasteiger partial charge on any atom is 0.306 e. The van der Waals surface area contributed by atoms with Crippen LogP contribution in [0, 0.1) is 0 Å². The van der Waals surface area contributed by atoms with Crippen LogP contribution in [0.5, 0.6) is 0 Å². The average molecular weight is 455 g/mol. The van der Waals surface area contributed by atoms with Crippen molar-refractivity contribution >= 4 is 28.5 Å². The highest BCUT2D eigenvalue weighted by molar-refractivity contribution is 5.90. The summed E-state index contributed by atoms with van der Waals surface area (Å²) in [5.74, 6) is -0.261. The van der Waals surface area contributed by atoms with Gasteiger partial charge in [0.1, 0.15) is 0 Å². The number of aromatic nitrogens is 1. The zero-order valence-electron chi connectivity index (χ0n) is 19.7. The van der Waals surface area contributed by atoms with Crippen LogP contribution in [0.1, 0.15) is 37.0 Å². The Balaban J connectivity index is 1.69. The Hall–Kier alpha value is -3.86. The van der Waals surface area contributed by atoms with E-state index < -0.39 is 0 Å². The van der Waals surface area contributed by atoms with E-state index in [9.17, 15) is 9.59 Å². The zero-order valence-corrected chi connectivity index (χ0v) is 19.7. The van der Waals surface area contributed by atoms with E-state index in [0.29, 0.717) is 19.4 Å². The number of anilines is 1. The molecule has 0 bridgehead atoms. The predicted molar refractivity (Wildman–Crippen MR) is 136 cm³/mol. The van der Waals surface area contributed by atoms with Gasteiger partial charge in [-0.3, -0.25) is 9.59 Å². The van der Waals surface area contributed by atoms with E-state index >= 15 is 0 Å². The largest absolute Gasteiger partial charge is 0.466 e. The molecular weight excluding hydrogens is 424 g/mol. The second-order valence-corrected chi connectivity index (χ2v) is 8.40. The molecule has 174 valence electrons. The van der Waals surface area contributed by atoms with Crippen molar-refractivity contribution < 1.29 is 14.3 Å². The lowest BCUT2D eigenvalue weighted by atomic mass is 10.0. The molecule has 4 aromatic rings. The molecule has 0 aliphatic carbocycles. The number of nitrogens with one attached hydrogen (secondary N) is 1. The van der Waals surface area contributed by atoms with Crippen molar-refractivity contribution in [3.8, 4) is 5.69 Å². The number of ether oxygens (including phenoxy) is 1. The number of fused-ring (bicyclic) bond motifs is 1. The van der Waals surface area contributed by atoms with Crippen molar-refractivity contribution in [3.05, 3.63) is 95.7 Å². The van der Waals surface area contributed by atoms with Crippen LogP contribution in [0.3, 0.4) is 0 Å². The molecular formula is C29H30N2O3. The van der Waals surface area contributed by atoms with Gasteiger partial charge in [0.2, 0.25) is 5.91 Å². The molecule has 0 aliphatic rings. The summed E-state index contributed by atoms with van der Waals surface area (Å²) in [6.45, 7) is 3.74. The number of esters is 1. The molecule has 0 spiro atoms. The quantitative estimate of drug-likeness (QED) is 0.322. The lowest BCUT2D eigenvalue weighted by Crippen LogP contribution is -2.06. The van der Waals surface area contributed by atoms with E-state index in [1.54, 1.807) is 0 Å². The summed E-state index contributed by atoms with van der Waals surface area (Å²) in [4.78, 5) is 23.4. The third-order valence-corrected chi connectivity index (χ3v) is 5.85. The number of amides is 1. The third kappa shape index (κ3) is 5.73. The molecule has 0 saturated heterocycles. The molecule has 0 atom stereocenters. The molecule has 0 aliphatic heterocycles. The van der Waals surface area contributed by atoms with Crippen LogP contribution in [0.4, 0.5) is 5.69 Å². The maximum absolute atomic E-state index is 11.8. The molecule has 5 nitrogen and oxygen atoms in total. The third-order valence-electron chi connectivity index (χ3n) is 5.85. The minimum Gasteiger partial charge on any atom is -0.466 e. The second kappa shape index (κ2) is 10.8. The Morgan fingerprint density at radius 1 is 0.882 bits per heavy atom. The van der Waals surface area contributed by atoms with Crippen molar-refractivity contribution in [1.29, 1.82) is 0 Å². The lowest BCUT2D eigenvalue weighted by Gasteiger charge is -2.09. The Labute approximate surface area is 200 Å². The highest BCUT2D eigenvalue weighted by Gasteiger charge is 2.13. The first-order valence-corrected chi connectivity index (χ1v) is 11.7. The number of carbonyl (C=O) groups is 2. The molecule has 1 amide bonds. The van der Waals surface area contributed by atoms with Crippen LogP contribution in [0.2, 0.25) is 0 Å². The van der Waals surface area contributed by atoms with Crippen molar-refractivity contribution in [2.45, 2.75) is 39.5 Å². The van der Waals surface area contributed by atoms with Crippen LogP contribution in [-0.4, -0.2) is 23.1 Å². The highest BCUT2D eigenvalue weighted by Crippen LogP contribution is 2.29. The van der Waals surface area contributed by atoms with Gasteiger partial charge < -0.3 is 14.6 Å². The molecule has 0 fully saturated rings. The Morgan fingerprint density at radius 2 is 1.71 bits per heavy atom. The van der Waals surface area contributed by atoms with Crippen LogP contribution in [0.25, 0.3) is 16.6 Å². The topological polar surface area (TPSA) is 60.3 Å². The molecule has 0 saturated carbocycles. The van der Waals surface area contributed by atoms with E-state index in [-0.39, 0.29) is 11.9 Å². The fourth-order valence-electron chi connectivity index (χ4n) is 4.25. The van der Waals surface area contributed by atoms with E-state index in [1.165, 1.54) is 23.4 Å². The number of aryl methyl sites for hydroxylation is 3. The van der Waals surface area contributed by atoms with Crippen molar-refractivity contribution in [2.75, 3.05) is 11.9 Å². The first-order valence-electron chi connectivity index (χ1n) is 11.7. The van der Waals surface area contributed by atoms with Crippen LogP contribution < -0.4 is 5.32 Å². The molecule has 5 heteroatoms. The lowest BCUT2D eigenvalue weighted by molar-refractivity contribution is -0.143. The van der Waals surface area contributed by atoms with Gasteiger partial charge in [-0.2, -0.15) is 0 Å². The number of benzene rings is 3. The second-order valence-electron chi connectivity index (χ2n) is 8.40. The molecule has 1 heterocycles. The normalized spacial score (nSPS) is 10.9. The van der Waals surface area contributed by atoms with Gasteiger partial charge in [-0.25, -0.2) is 0 Å². The van der Waals surface area contributed by atoms with Crippen molar-refractivity contribution in [2.24, 2.45) is 0 Å². The van der Waals surface area contributed by atoms with Crippen molar-refractivity contribution in [3.63, 3.8) is 0 Å². The fraction of sp³-hybridized carbons (Fsp3) is 0.241. The Kier molecular flexibility index (Phi) is 7.43. The summed E-state index contributed by atoms with van der Waals surface area (Å²) in [7, 11) is 0. The van der Waals surface area contributed by atoms with Gasteiger partial charge >= 0.3 is 5.97 Å². The number of carbonyl (C=O) groups excluding carboxylic acids is 2. The first-order chi connectivity index (χ1) is 16.5. The standard InChI is InChI=1S/C29H30N2O3/c1-3-34-29(33)17-14-23-13-16-28-27(18-23)24(15-12-22-8-5-4-6-9-22)20-31(28)26-11-7-10-25(19-26)30-21(2)32/h4-11,13,16,18-20H,3,12,14-15,17H2,1-2H3,(H,30,32). The van der Waals surface area contributed by atoms with Crippen LogP contribution >= 0.6 is 0 Å². The summed E-state index contributed by atoms with van der Waals surface area (Å²) in [6, 6.07) is 24.7. The smallest absolute Gasteiger partial charge is 0.306 e. The molecule has 4 rings (SSSR count). The zero-order chi connectivity index (χ0) is 23.9. The molecule has 1 N–H and O–H groups in total. The first kappa shape index (κ1) is 23.3. The Morgan fingerprint density at radius 3 is 2.47 bits per heavy atom. The SMILES string of the molecule is CCOC(=O)CCc1ccc2c(c1)c(CCc1ccccc1)cn2-c1cccc(NC(C)=O)c1. The number of nitrogens with zero attached hydrogens (tertiary/aromatic N) is 1. The molecule has 0 radical (unpaired) electrons. The van der Waals surface area contributed by atoms with Gasteiger partial charge in [0.05, 0.1) is 12.1 Å². The monoisotopic (exact) mass is 454 g/mol. The van der Waals surface area contributed by atoms with Gasteiger partial charge in [-0.1, -0.05) is 42.5 Å². The van der Waals surface area contributed by atoms with E-state index in [1.807, 2.05) is 37.3 Å². The number of rotatable bonds is 9. The molecule has 0 unspecified atom stereocenters. The Bertz CT molecular complexity index is 1290. The summed E-state index contributed by atoms with van der Waals surface area (Å²) in [6.07, 6.45) is 5.06. The van der Waals surface area contributed by atoms with E-state index in [4.69, 9.17) is 4.74 Å². The van der Waals surface area contributed by atoms with Crippen molar-refractivity contribution in [1.82, 2.24) is 4.57 Å². The van der Waals surface area contributed by atoms with Crippen LogP contribution in [-0.2, 0) is 33.6 Å². The van der Waals surface area contributed by atoms with E-state index in [0.717, 1.165) is 35.3 Å². The van der Waals surface area contributed by atoms with Gasteiger partial charge in [-0.15, -0.1) is 0 Å². The summed E-state index contributed by atoms with van der Waals surface area (Å²) < 4.78 is 7.27.